The van der Waals surface area contributed by atoms with E-state index in [2.05, 4.69) is 21.2 Å². The molecule has 0 saturated heterocycles. The normalized spacial score (nSPS) is 12.2. The molecule has 168 valence electrons. The van der Waals surface area contributed by atoms with Crippen LogP contribution in [0, 0.1) is 13.8 Å². The molecule has 0 fully saturated rings. The third-order valence-corrected chi connectivity index (χ3v) is 7.50. The second-order valence-corrected chi connectivity index (χ2v) is 10.5. The van der Waals surface area contributed by atoms with Gasteiger partial charge in [0.2, 0.25) is 5.91 Å². The van der Waals surface area contributed by atoms with Crippen molar-refractivity contribution in [3.63, 3.8) is 0 Å². The van der Waals surface area contributed by atoms with E-state index in [4.69, 9.17) is 0 Å². The Morgan fingerprint density at radius 3 is 2.12 bits per heavy atom. The van der Waals surface area contributed by atoms with Crippen molar-refractivity contribution in [2.24, 2.45) is 0 Å². The molecule has 3 aromatic rings. The second-order valence-electron chi connectivity index (χ2n) is 7.74. The summed E-state index contributed by atoms with van der Waals surface area (Å²) >= 11 is 3.40. The monoisotopic (exact) mass is 514 g/mol. The van der Waals surface area contributed by atoms with Gasteiger partial charge in [0, 0.05) is 4.47 Å². The SMILES string of the molecule is CCC(NC(=O)CN(c1cccc(Br)c1)S(=O)(=O)c1ccc(C)cc1)c1ccc(C)cc1. The minimum absolute atomic E-state index is 0.140. The minimum Gasteiger partial charge on any atom is -0.348 e. The number of aryl methyl sites for hydroxylation is 2. The van der Waals surface area contributed by atoms with Crippen LogP contribution in [-0.2, 0) is 14.8 Å². The highest BCUT2D eigenvalue weighted by molar-refractivity contribution is 9.10. The third-order valence-electron chi connectivity index (χ3n) is 5.22. The molecule has 3 aromatic carbocycles. The van der Waals surface area contributed by atoms with E-state index in [0.717, 1.165) is 25.5 Å². The molecule has 1 atom stereocenters. The number of nitrogens with zero attached hydrogens (tertiary/aromatic N) is 1. The van der Waals surface area contributed by atoms with Crippen LogP contribution in [0.25, 0.3) is 0 Å². The maximum atomic E-state index is 13.5. The van der Waals surface area contributed by atoms with Gasteiger partial charge >= 0.3 is 0 Å². The Morgan fingerprint density at radius 1 is 0.969 bits per heavy atom. The minimum atomic E-state index is -3.94. The van der Waals surface area contributed by atoms with E-state index < -0.39 is 10.0 Å². The molecule has 1 amide bonds. The molecule has 0 aliphatic carbocycles. The Kier molecular flexibility index (Phi) is 7.74. The molecule has 0 saturated carbocycles. The fraction of sp³-hybridized carbons (Fsp3) is 0.240. The highest BCUT2D eigenvalue weighted by Crippen LogP contribution is 2.27. The van der Waals surface area contributed by atoms with Gasteiger partial charge in [-0.2, -0.15) is 0 Å². The number of hydrogen-bond acceptors (Lipinski definition) is 3. The number of sulfonamides is 1. The molecule has 0 aromatic heterocycles. The second kappa shape index (κ2) is 10.3. The highest BCUT2D eigenvalue weighted by Gasteiger charge is 2.28. The first-order valence-corrected chi connectivity index (χ1v) is 12.6. The van der Waals surface area contributed by atoms with Gasteiger partial charge in [0.15, 0.2) is 0 Å². The number of hydrogen-bond donors (Lipinski definition) is 1. The molecule has 7 heteroatoms. The van der Waals surface area contributed by atoms with Gasteiger partial charge in [-0.3, -0.25) is 9.10 Å². The van der Waals surface area contributed by atoms with Gasteiger partial charge in [-0.15, -0.1) is 0 Å². The maximum absolute atomic E-state index is 13.5. The summed E-state index contributed by atoms with van der Waals surface area (Å²) in [4.78, 5) is 13.2. The largest absolute Gasteiger partial charge is 0.348 e. The standard InChI is InChI=1S/C25H27BrN2O3S/c1-4-24(20-12-8-18(2)9-13-20)27-25(29)17-28(22-7-5-6-21(26)16-22)32(30,31)23-14-10-19(3)11-15-23/h5-16,24H,4,17H2,1-3H3,(H,27,29). The fourth-order valence-corrected chi connectivity index (χ4v) is 5.17. The number of carbonyl (C=O) groups excluding carboxylic acids is 1. The molecule has 32 heavy (non-hydrogen) atoms. The quantitative estimate of drug-likeness (QED) is 0.429. The van der Waals surface area contributed by atoms with Crippen molar-refractivity contribution < 1.29 is 13.2 Å². The number of carbonyl (C=O) groups is 1. The Bertz CT molecular complexity index is 1180. The zero-order chi connectivity index (χ0) is 23.3. The summed E-state index contributed by atoms with van der Waals surface area (Å²) in [5.74, 6) is -0.368. The summed E-state index contributed by atoms with van der Waals surface area (Å²) in [6, 6.07) is 21.3. The first kappa shape index (κ1) is 24.0. The Morgan fingerprint density at radius 2 is 1.56 bits per heavy atom. The Hall–Kier alpha value is -2.64. The molecule has 0 aliphatic rings. The van der Waals surface area contributed by atoms with Crippen LogP contribution in [0.1, 0.15) is 36.1 Å². The van der Waals surface area contributed by atoms with Crippen molar-refractivity contribution in [3.05, 3.63) is 94.0 Å². The number of rotatable bonds is 8. The number of halogens is 1. The fourth-order valence-electron chi connectivity index (χ4n) is 3.37. The van der Waals surface area contributed by atoms with E-state index in [1.807, 2.05) is 51.1 Å². The predicted molar refractivity (Wildman–Crippen MR) is 132 cm³/mol. The number of benzene rings is 3. The number of anilines is 1. The van der Waals surface area contributed by atoms with Crippen LogP contribution in [-0.4, -0.2) is 20.9 Å². The number of amides is 1. The van der Waals surface area contributed by atoms with Crippen molar-refractivity contribution in [1.82, 2.24) is 5.32 Å². The van der Waals surface area contributed by atoms with E-state index in [-0.39, 0.29) is 23.4 Å². The Balaban J connectivity index is 1.91. The van der Waals surface area contributed by atoms with E-state index in [1.165, 1.54) is 0 Å². The van der Waals surface area contributed by atoms with Gasteiger partial charge in [0.1, 0.15) is 6.54 Å². The molecule has 0 aliphatic heterocycles. The zero-order valence-corrected chi connectivity index (χ0v) is 20.8. The molecule has 0 heterocycles. The van der Waals surface area contributed by atoms with Gasteiger partial charge in [0.25, 0.3) is 10.0 Å². The summed E-state index contributed by atoms with van der Waals surface area (Å²) in [6.45, 7) is 5.57. The van der Waals surface area contributed by atoms with E-state index in [9.17, 15) is 13.2 Å². The maximum Gasteiger partial charge on any atom is 0.264 e. The summed E-state index contributed by atoms with van der Waals surface area (Å²) < 4.78 is 28.8. The lowest BCUT2D eigenvalue weighted by atomic mass is 10.0. The lowest BCUT2D eigenvalue weighted by Crippen LogP contribution is -2.42. The van der Waals surface area contributed by atoms with Crippen LogP contribution in [0.5, 0.6) is 0 Å². The van der Waals surface area contributed by atoms with Gasteiger partial charge < -0.3 is 5.32 Å². The van der Waals surface area contributed by atoms with E-state index >= 15 is 0 Å². The molecule has 0 spiro atoms. The smallest absolute Gasteiger partial charge is 0.264 e. The van der Waals surface area contributed by atoms with Crippen molar-refractivity contribution in [2.45, 2.75) is 38.1 Å². The van der Waals surface area contributed by atoms with Gasteiger partial charge in [-0.1, -0.05) is 76.4 Å². The topological polar surface area (TPSA) is 66.5 Å². The van der Waals surface area contributed by atoms with Gasteiger partial charge in [-0.05, 0) is 56.2 Å². The summed E-state index contributed by atoms with van der Waals surface area (Å²) in [5, 5.41) is 2.99. The molecule has 0 bridgehead atoms. The van der Waals surface area contributed by atoms with Crippen LogP contribution in [0.15, 0.2) is 82.2 Å². The van der Waals surface area contributed by atoms with Crippen molar-refractivity contribution >= 4 is 37.5 Å². The molecule has 3 rings (SSSR count). The summed E-state index contributed by atoms with van der Waals surface area (Å²) in [7, 11) is -3.94. The summed E-state index contributed by atoms with van der Waals surface area (Å²) in [5.41, 5.74) is 3.50. The molecule has 5 nitrogen and oxygen atoms in total. The predicted octanol–water partition coefficient (Wildman–Crippen LogP) is 5.53. The summed E-state index contributed by atoms with van der Waals surface area (Å²) in [6.07, 6.45) is 0.691. The Labute approximate surface area is 198 Å². The molecule has 1 unspecified atom stereocenters. The van der Waals surface area contributed by atoms with E-state index in [1.54, 1.807) is 42.5 Å². The van der Waals surface area contributed by atoms with Crippen LogP contribution < -0.4 is 9.62 Å². The third kappa shape index (κ3) is 5.78. The highest BCUT2D eigenvalue weighted by atomic mass is 79.9. The zero-order valence-electron chi connectivity index (χ0n) is 18.4. The van der Waals surface area contributed by atoms with Crippen LogP contribution >= 0.6 is 15.9 Å². The average Bonchev–Trinajstić information content (AvgIpc) is 2.76. The first-order valence-electron chi connectivity index (χ1n) is 10.4. The lowest BCUT2D eigenvalue weighted by Gasteiger charge is -2.26. The molecular formula is C25H27BrN2O3S. The van der Waals surface area contributed by atoms with E-state index in [0.29, 0.717) is 12.1 Å². The van der Waals surface area contributed by atoms with Crippen molar-refractivity contribution in [1.29, 1.82) is 0 Å². The van der Waals surface area contributed by atoms with Gasteiger partial charge in [-0.25, -0.2) is 8.42 Å². The van der Waals surface area contributed by atoms with Crippen molar-refractivity contribution in [3.8, 4) is 0 Å². The first-order chi connectivity index (χ1) is 15.2. The molecule has 0 radical (unpaired) electrons. The van der Waals surface area contributed by atoms with Crippen molar-refractivity contribution in [2.75, 3.05) is 10.8 Å². The number of nitrogens with one attached hydrogen (secondary N) is 1. The molecular weight excluding hydrogens is 488 g/mol. The van der Waals surface area contributed by atoms with Crippen LogP contribution in [0.4, 0.5) is 5.69 Å². The van der Waals surface area contributed by atoms with Crippen LogP contribution in [0.3, 0.4) is 0 Å². The lowest BCUT2D eigenvalue weighted by molar-refractivity contribution is -0.120. The van der Waals surface area contributed by atoms with Gasteiger partial charge in [0.05, 0.1) is 16.6 Å². The average molecular weight is 515 g/mol. The van der Waals surface area contributed by atoms with Crippen LogP contribution in [0.2, 0.25) is 0 Å². The molecule has 1 N–H and O–H groups in total.